The van der Waals surface area contributed by atoms with Crippen LogP contribution in [0.3, 0.4) is 0 Å². The van der Waals surface area contributed by atoms with E-state index < -0.39 is 0 Å². The predicted octanol–water partition coefficient (Wildman–Crippen LogP) is -11.5. The van der Waals surface area contributed by atoms with Crippen LogP contribution in [0.1, 0.15) is 2.85 Å². The number of hydrogen-bond acceptors (Lipinski definition) is 0. The van der Waals surface area contributed by atoms with Gasteiger partial charge in [0.15, 0.2) is 0 Å². The molecule has 0 spiro atoms. The molecule has 0 radical (unpaired) electrons. The van der Waals surface area contributed by atoms with Crippen LogP contribution in [0.15, 0.2) is 0 Å². The topological polar surface area (TPSA) is 189 Å². The molecular weight excluding hydrogens is 231 g/mol. The molecule has 0 aliphatic heterocycles. The first-order valence-electron chi connectivity index (χ1n) is 0. The van der Waals surface area contributed by atoms with E-state index in [4.69, 9.17) is 0 Å². The minimum atomic E-state index is 0. The molecule has 0 aromatic rings. The van der Waals surface area contributed by atoms with Crippen LogP contribution in [-0.2, 0) is 0 Å². The molecule has 10 heteroatoms. The summed E-state index contributed by atoms with van der Waals surface area (Å²) in [6.45, 7) is 0. The Bertz CT molecular complexity index is 23.5. The third-order valence-electron chi connectivity index (χ3n) is 0. The third kappa shape index (κ3) is 162. The average Bonchev–Trinajstić information content (AvgIpc) is 0. The molecule has 6 nitrogen and oxygen atoms in total. The Morgan fingerprint density at radius 1 is 0.500 bits per heavy atom. The van der Waals surface area contributed by atoms with E-state index in [-0.39, 0.29) is 121 Å². The van der Waals surface area contributed by atoms with Crippen molar-refractivity contribution in [2.45, 2.75) is 0 Å². The molecule has 0 aromatic heterocycles. The van der Waals surface area contributed by atoms with Crippen LogP contribution < -0.4 is 24.8 Å². The molecule has 0 aromatic carbocycles. The number of hydrogen-bond donors (Lipinski definition) is 0. The molecule has 12 N–H and O–H groups in total. The van der Waals surface area contributed by atoms with E-state index in [9.17, 15) is 0 Å². The molecule has 0 aliphatic rings. The quantitative estimate of drug-likeness (QED) is 0.366. The van der Waals surface area contributed by atoms with Gasteiger partial charge in [0.1, 0.15) is 0 Å². The zero-order valence-corrected chi connectivity index (χ0v) is 10.3. The second kappa shape index (κ2) is 218. The van der Waals surface area contributed by atoms with Gasteiger partial charge in [0.05, 0.1) is 0 Å². The summed E-state index contributed by atoms with van der Waals surface area (Å²) in [4.78, 5) is 0. The third-order valence-corrected chi connectivity index (χ3v) is 0. The summed E-state index contributed by atoms with van der Waals surface area (Å²) >= 11 is 0. The van der Waals surface area contributed by atoms with Crippen LogP contribution in [-0.4, -0.2) is 93.6 Å². The fourth-order valence-corrected chi connectivity index (χ4v) is 0. The Kier molecular flexibility index (Phi) is 6230. The summed E-state index contributed by atoms with van der Waals surface area (Å²) in [6.07, 6.45) is 0. The van der Waals surface area contributed by atoms with Gasteiger partial charge in [-0.2, -0.15) is 0 Å². The molecule has 0 saturated carbocycles. The van der Waals surface area contributed by atoms with Gasteiger partial charge in [-0.1, -0.05) is 0 Å². The molecule has 0 heterocycles. The first kappa shape index (κ1) is 285. The number of rotatable bonds is 0. The second-order valence-corrected chi connectivity index (χ2v) is 0. The van der Waals surface area contributed by atoms with Gasteiger partial charge in [0, 0.05) is 0 Å². The van der Waals surface area contributed by atoms with E-state index in [0.717, 1.165) is 0 Å². The Hall–Kier alpha value is 2.37. The van der Waals surface area contributed by atoms with Crippen molar-refractivity contribution in [1.29, 1.82) is 0 Å². The van der Waals surface area contributed by atoms with Crippen molar-refractivity contribution in [2.24, 2.45) is 0 Å². The van der Waals surface area contributed by atoms with E-state index >= 15 is 0 Å². The minimum absolute atomic E-state index is 0. The maximum absolute atomic E-state index is 0. The van der Waals surface area contributed by atoms with E-state index in [1.807, 2.05) is 0 Å². The van der Waals surface area contributed by atoms with Crippen molar-refractivity contribution >= 4 is 60.8 Å². The molecule has 0 saturated heterocycles. The van der Waals surface area contributed by atoms with Crippen LogP contribution in [0, 0.1) is 0 Å². The van der Waals surface area contributed by atoms with Gasteiger partial charge in [0.2, 0.25) is 0 Å². The molecule has 0 amide bonds. The van der Waals surface area contributed by atoms with Gasteiger partial charge in [0.25, 0.3) is 0 Å². The van der Waals surface area contributed by atoms with Gasteiger partial charge >= 0.3 is 60.8 Å². The summed E-state index contributed by atoms with van der Waals surface area (Å²) in [5.41, 5.74) is 0. The minimum Gasteiger partial charge on any atom is -1.00 e. The zero-order chi connectivity index (χ0) is 0. The van der Waals surface area contributed by atoms with E-state index in [2.05, 4.69) is 0 Å². The standard InChI is InChI=1S/Ca.2ClH.Mg.6H2O.2H/h;2*1H;;6*1H2;;/q+2;;;+2;;;;;;;2*-1/p-2. The van der Waals surface area contributed by atoms with Crippen LogP contribution in [0.4, 0.5) is 0 Å². The fourth-order valence-electron chi connectivity index (χ4n) is 0. The van der Waals surface area contributed by atoms with Crippen molar-refractivity contribution in [3.8, 4) is 0 Å². The van der Waals surface area contributed by atoms with Gasteiger partial charge in [-0.05, 0) is 0 Å². The van der Waals surface area contributed by atoms with Crippen molar-refractivity contribution < 1.29 is 60.5 Å². The molecule has 0 bridgehead atoms. The summed E-state index contributed by atoms with van der Waals surface area (Å²) in [6, 6.07) is 0. The predicted molar refractivity (Wildman–Crippen MR) is 35.4 cm³/mol. The first-order chi connectivity index (χ1) is 0. The largest absolute Gasteiger partial charge is 2.00 e. The van der Waals surface area contributed by atoms with E-state index in [1.54, 1.807) is 0 Å². The Balaban J connectivity index is 0. The average molecular weight is 245 g/mol. The molecule has 10 heavy (non-hydrogen) atoms. The molecule has 68 valence electrons. The second-order valence-electron chi connectivity index (χ2n) is 0. The maximum atomic E-state index is 0. The van der Waals surface area contributed by atoms with Gasteiger partial charge in [-0.25, -0.2) is 0 Å². The smallest absolute Gasteiger partial charge is 1.00 e. The van der Waals surface area contributed by atoms with E-state index in [1.165, 1.54) is 0 Å². The maximum Gasteiger partial charge on any atom is 2.00 e. The Labute approximate surface area is 120 Å². The molecular formula is H14CaCl2MgO6. The fraction of sp³-hybridized carbons (Fsp3) is 0. The molecule has 0 fully saturated rings. The SMILES string of the molecule is O.O.O.O.O.O.[Ca+2].[Cl-].[Cl-].[H-].[H-].[Mg+2]. The van der Waals surface area contributed by atoms with Gasteiger partial charge in [-0.3, -0.25) is 0 Å². The first-order valence-corrected chi connectivity index (χ1v) is 0. The Morgan fingerprint density at radius 2 is 0.500 bits per heavy atom. The van der Waals surface area contributed by atoms with Crippen molar-refractivity contribution in [2.75, 3.05) is 0 Å². The van der Waals surface area contributed by atoms with Crippen LogP contribution >= 0.6 is 0 Å². The van der Waals surface area contributed by atoms with Crippen LogP contribution in [0.25, 0.3) is 0 Å². The van der Waals surface area contributed by atoms with Crippen molar-refractivity contribution in [1.82, 2.24) is 0 Å². The van der Waals surface area contributed by atoms with Gasteiger partial charge in [-0.15, -0.1) is 0 Å². The normalized spacial score (nSPS) is 0. The van der Waals surface area contributed by atoms with Crippen molar-refractivity contribution in [3.63, 3.8) is 0 Å². The van der Waals surface area contributed by atoms with Crippen LogP contribution in [0.5, 0.6) is 0 Å². The molecule has 0 atom stereocenters. The van der Waals surface area contributed by atoms with Gasteiger partial charge < -0.3 is 60.5 Å². The Morgan fingerprint density at radius 3 is 0.500 bits per heavy atom. The van der Waals surface area contributed by atoms with E-state index in [0.29, 0.717) is 0 Å². The van der Waals surface area contributed by atoms with Crippen LogP contribution in [0.2, 0.25) is 0 Å². The summed E-state index contributed by atoms with van der Waals surface area (Å²) < 4.78 is 0. The number of halogens is 2. The molecule has 0 unspecified atom stereocenters. The summed E-state index contributed by atoms with van der Waals surface area (Å²) in [5, 5.41) is 0. The molecule has 0 aliphatic carbocycles. The molecule has 0 rings (SSSR count). The monoisotopic (exact) mass is 244 g/mol. The van der Waals surface area contributed by atoms with Crippen molar-refractivity contribution in [3.05, 3.63) is 0 Å². The summed E-state index contributed by atoms with van der Waals surface area (Å²) in [7, 11) is 0. The zero-order valence-electron chi connectivity index (χ0n) is 7.17. The summed E-state index contributed by atoms with van der Waals surface area (Å²) in [5.74, 6) is 0.